The molecular formula is C12H15ClO3S. The van der Waals surface area contributed by atoms with Gasteiger partial charge in [0.2, 0.25) is 0 Å². The lowest BCUT2D eigenvalue weighted by Crippen LogP contribution is -2.06. The van der Waals surface area contributed by atoms with Crippen LogP contribution in [-0.4, -0.2) is 31.5 Å². The molecule has 0 amide bonds. The first-order chi connectivity index (χ1) is 8.13. The summed E-state index contributed by atoms with van der Waals surface area (Å²) in [5.41, 5.74) is 0.499. The Hall–Kier alpha value is -0.870. The third-order valence-electron chi connectivity index (χ3n) is 2.21. The minimum Gasteiger partial charge on any atom is -0.496 e. The van der Waals surface area contributed by atoms with Crippen LogP contribution in [0.4, 0.5) is 0 Å². The maximum Gasteiger partial charge on any atom is 0.176 e. The van der Waals surface area contributed by atoms with Crippen molar-refractivity contribution in [3.63, 3.8) is 0 Å². The van der Waals surface area contributed by atoms with Crippen LogP contribution in [0.25, 0.3) is 0 Å². The summed E-state index contributed by atoms with van der Waals surface area (Å²) in [6.07, 6.45) is 0. The van der Waals surface area contributed by atoms with Crippen molar-refractivity contribution in [1.82, 2.24) is 0 Å². The molecule has 1 aromatic rings. The largest absolute Gasteiger partial charge is 0.496 e. The second-order valence-electron chi connectivity index (χ2n) is 3.25. The van der Waals surface area contributed by atoms with E-state index in [1.54, 1.807) is 23.9 Å². The van der Waals surface area contributed by atoms with Gasteiger partial charge < -0.3 is 9.47 Å². The van der Waals surface area contributed by atoms with Gasteiger partial charge in [-0.15, -0.1) is 0 Å². The van der Waals surface area contributed by atoms with Crippen LogP contribution in [0.3, 0.4) is 0 Å². The minimum absolute atomic E-state index is 0.0123. The molecule has 0 N–H and O–H groups in total. The van der Waals surface area contributed by atoms with E-state index in [9.17, 15) is 4.79 Å². The Morgan fingerprint density at radius 3 is 2.47 bits per heavy atom. The van der Waals surface area contributed by atoms with Crippen molar-refractivity contribution in [3.8, 4) is 11.5 Å². The number of hydrogen-bond donors (Lipinski definition) is 0. The monoisotopic (exact) mass is 274 g/mol. The number of carbonyl (C=O) groups is 1. The van der Waals surface area contributed by atoms with Crippen molar-refractivity contribution >= 4 is 29.1 Å². The van der Waals surface area contributed by atoms with Crippen molar-refractivity contribution in [2.24, 2.45) is 0 Å². The summed E-state index contributed by atoms with van der Waals surface area (Å²) in [5, 5.41) is 0.415. The molecule has 1 rings (SSSR count). The molecular weight excluding hydrogens is 260 g/mol. The Balaban J connectivity index is 3.05. The molecule has 0 bridgehead atoms. The first-order valence-electron chi connectivity index (χ1n) is 5.16. The van der Waals surface area contributed by atoms with E-state index in [2.05, 4.69) is 0 Å². The molecule has 0 spiro atoms. The molecule has 17 heavy (non-hydrogen) atoms. The zero-order valence-corrected chi connectivity index (χ0v) is 11.7. The number of benzene rings is 1. The number of thioether (sulfide) groups is 1. The van der Waals surface area contributed by atoms with Crippen LogP contribution >= 0.6 is 23.4 Å². The maximum absolute atomic E-state index is 11.9. The smallest absolute Gasteiger partial charge is 0.176 e. The Bertz CT molecular complexity index is 407. The predicted molar refractivity (Wildman–Crippen MR) is 71.9 cm³/mol. The van der Waals surface area contributed by atoms with Crippen LogP contribution in [0.5, 0.6) is 11.5 Å². The number of carbonyl (C=O) groups excluding carboxylic acids is 1. The van der Waals surface area contributed by atoms with Gasteiger partial charge in [0.05, 0.1) is 30.6 Å². The van der Waals surface area contributed by atoms with Crippen LogP contribution in [-0.2, 0) is 0 Å². The fraction of sp³-hybridized carbons (Fsp3) is 0.417. The number of Topliss-reactive ketones (excluding diaryl/α,β-unsaturated/α-hetero) is 1. The van der Waals surface area contributed by atoms with E-state index in [1.165, 1.54) is 14.2 Å². The molecule has 0 aliphatic carbocycles. The maximum atomic E-state index is 11.9. The fourth-order valence-corrected chi connectivity index (χ4v) is 2.14. The first-order valence-corrected chi connectivity index (χ1v) is 6.69. The van der Waals surface area contributed by atoms with Crippen molar-refractivity contribution in [2.75, 3.05) is 25.7 Å². The Morgan fingerprint density at radius 1 is 1.29 bits per heavy atom. The van der Waals surface area contributed by atoms with Crippen molar-refractivity contribution in [1.29, 1.82) is 0 Å². The van der Waals surface area contributed by atoms with Crippen LogP contribution in [0.2, 0.25) is 5.02 Å². The number of hydrogen-bond acceptors (Lipinski definition) is 4. The highest BCUT2D eigenvalue weighted by molar-refractivity contribution is 7.99. The highest BCUT2D eigenvalue weighted by Crippen LogP contribution is 2.33. The molecule has 1 aromatic carbocycles. The van der Waals surface area contributed by atoms with Gasteiger partial charge in [0.1, 0.15) is 11.5 Å². The highest BCUT2D eigenvalue weighted by Gasteiger charge is 2.15. The molecule has 0 aliphatic rings. The number of halogens is 1. The molecule has 0 aliphatic heterocycles. The molecule has 0 aromatic heterocycles. The lowest BCUT2D eigenvalue weighted by atomic mass is 10.1. The molecule has 0 fully saturated rings. The molecule has 0 saturated heterocycles. The summed E-state index contributed by atoms with van der Waals surface area (Å²) >= 11 is 7.56. The standard InChI is InChI=1S/C12H15ClO3S/c1-4-17-7-10(14)8-5-9(13)12(16-3)6-11(8)15-2/h5-6H,4,7H2,1-3H3. The normalized spacial score (nSPS) is 10.1. The number of ketones is 1. The predicted octanol–water partition coefficient (Wildman–Crippen LogP) is 3.29. The molecule has 5 heteroatoms. The molecule has 0 heterocycles. The van der Waals surface area contributed by atoms with Crippen molar-refractivity contribution in [3.05, 3.63) is 22.7 Å². The summed E-state index contributed by atoms with van der Waals surface area (Å²) < 4.78 is 10.3. The summed E-state index contributed by atoms with van der Waals surface area (Å²) in [5.74, 6) is 2.34. The van der Waals surface area contributed by atoms with E-state index < -0.39 is 0 Å². The zero-order chi connectivity index (χ0) is 12.8. The lowest BCUT2D eigenvalue weighted by Gasteiger charge is -2.11. The average molecular weight is 275 g/mol. The van der Waals surface area contributed by atoms with E-state index in [0.717, 1.165) is 5.75 Å². The van der Waals surface area contributed by atoms with Gasteiger partial charge in [-0.05, 0) is 11.8 Å². The summed E-state index contributed by atoms with van der Waals surface area (Å²) in [6.45, 7) is 2.01. The number of methoxy groups -OCH3 is 2. The van der Waals surface area contributed by atoms with Gasteiger partial charge in [0.15, 0.2) is 5.78 Å². The van der Waals surface area contributed by atoms with Gasteiger partial charge >= 0.3 is 0 Å². The third kappa shape index (κ3) is 3.54. The van der Waals surface area contributed by atoms with E-state index in [1.807, 2.05) is 6.92 Å². The van der Waals surface area contributed by atoms with Crippen LogP contribution in [0.1, 0.15) is 17.3 Å². The third-order valence-corrected chi connectivity index (χ3v) is 3.38. The molecule has 0 saturated carbocycles. The lowest BCUT2D eigenvalue weighted by molar-refractivity contribution is 0.101. The molecule has 94 valence electrons. The van der Waals surface area contributed by atoms with Gasteiger partial charge in [0, 0.05) is 6.07 Å². The SMILES string of the molecule is CCSCC(=O)c1cc(Cl)c(OC)cc1OC. The Morgan fingerprint density at radius 2 is 1.94 bits per heavy atom. The number of ether oxygens (including phenoxy) is 2. The van der Waals surface area contributed by atoms with Gasteiger partial charge in [-0.25, -0.2) is 0 Å². The van der Waals surface area contributed by atoms with E-state index >= 15 is 0 Å². The molecule has 0 atom stereocenters. The Kier molecular flexibility index (Phi) is 5.65. The zero-order valence-electron chi connectivity index (χ0n) is 10.1. The second kappa shape index (κ2) is 6.77. The van der Waals surface area contributed by atoms with Gasteiger partial charge in [-0.2, -0.15) is 11.8 Å². The molecule has 3 nitrogen and oxygen atoms in total. The first kappa shape index (κ1) is 14.2. The van der Waals surface area contributed by atoms with Crippen LogP contribution in [0.15, 0.2) is 12.1 Å². The van der Waals surface area contributed by atoms with Crippen LogP contribution < -0.4 is 9.47 Å². The molecule has 0 unspecified atom stereocenters. The Labute approximate surface area is 110 Å². The molecule has 0 radical (unpaired) electrons. The quantitative estimate of drug-likeness (QED) is 0.746. The van der Waals surface area contributed by atoms with E-state index in [4.69, 9.17) is 21.1 Å². The summed E-state index contributed by atoms with van der Waals surface area (Å²) in [4.78, 5) is 11.9. The van der Waals surface area contributed by atoms with Gasteiger partial charge in [-0.3, -0.25) is 4.79 Å². The summed E-state index contributed by atoms with van der Waals surface area (Å²) in [6, 6.07) is 3.23. The van der Waals surface area contributed by atoms with Crippen LogP contribution in [0, 0.1) is 0 Å². The average Bonchev–Trinajstić information content (AvgIpc) is 2.35. The highest BCUT2D eigenvalue weighted by atomic mass is 35.5. The minimum atomic E-state index is 0.0123. The second-order valence-corrected chi connectivity index (χ2v) is 4.93. The topological polar surface area (TPSA) is 35.5 Å². The van der Waals surface area contributed by atoms with Crippen molar-refractivity contribution in [2.45, 2.75) is 6.92 Å². The van der Waals surface area contributed by atoms with Gasteiger partial charge in [-0.1, -0.05) is 18.5 Å². The summed E-state index contributed by atoms with van der Waals surface area (Å²) in [7, 11) is 3.04. The van der Waals surface area contributed by atoms with E-state index in [-0.39, 0.29) is 5.78 Å². The van der Waals surface area contributed by atoms with Gasteiger partial charge in [0.25, 0.3) is 0 Å². The van der Waals surface area contributed by atoms with E-state index in [0.29, 0.717) is 27.8 Å². The number of rotatable bonds is 6. The fourth-order valence-electron chi connectivity index (χ4n) is 1.35. The van der Waals surface area contributed by atoms with Crippen molar-refractivity contribution < 1.29 is 14.3 Å².